The minimum absolute atomic E-state index is 0.241. The van der Waals surface area contributed by atoms with Crippen LogP contribution in [0.3, 0.4) is 0 Å². The molecule has 5 rings (SSSR count). The van der Waals surface area contributed by atoms with Crippen LogP contribution in [-0.2, 0) is 17.8 Å². The molecule has 0 atom stereocenters. The fourth-order valence-corrected chi connectivity index (χ4v) is 5.06. The maximum atomic E-state index is 13.5. The van der Waals surface area contributed by atoms with Gasteiger partial charge in [-0.3, -0.25) is 18.9 Å². The van der Waals surface area contributed by atoms with Gasteiger partial charge in [0.15, 0.2) is 0 Å². The van der Waals surface area contributed by atoms with Crippen molar-refractivity contribution in [2.45, 2.75) is 19.9 Å². The van der Waals surface area contributed by atoms with Crippen LogP contribution in [0, 0.1) is 6.92 Å². The van der Waals surface area contributed by atoms with Gasteiger partial charge in [-0.1, -0.05) is 60.4 Å². The molecule has 0 aliphatic carbocycles. The number of thiocarbonyl (C=S) groups is 1. The minimum atomic E-state index is -0.264. The highest BCUT2D eigenvalue weighted by atomic mass is 32.2. The highest BCUT2D eigenvalue weighted by Crippen LogP contribution is 2.34. The van der Waals surface area contributed by atoms with Crippen LogP contribution >= 0.6 is 24.0 Å². The summed E-state index contributed by atoms with van der Waals surface area (Å²) in [7, 11) is 0. The van der Waals surface area contributed by atoms with E-state index in [4.69, 9.17) is 21.6 Å². The largest absolute Gasteiger partial charge is 0.467 e. The Morgan fingerprint density at radius 1 is 1.11 bits per heavy atom. The van der Waals surface area contributed by atoms with E-state index in [2.05, 4.69) is 17.4 Å². The maximum absolute atomic E-state index is 13.5. The molecule has 1 aromatic carbocycles. The fourth-order valence-electron chi connectivity index (χ4n) is 3.82. The standard InChI is InChI=1S/C26H22N4O3S2/c1-17-9-10-22-28-23(27-12-11-18-6-3-2-4-7-18)20(24(31)29(22)15-17)14-21-25(32)30(26(34)35-21)16-19-8-5-13-33-19/h2-10,13-15,27H,11-12,16H2,1H3/b21-14+. The van der Waals surface area contributed by atoms with Gasteiger partial charge in [0.2, 0.25) is 0 Å². The van der Waals surface area contributed by atoms with Gasteiger partial charge in [0.25, 0.3) is 11.5 Å². The number of aryl methyl sites for hydroxylation is 1. The van der Waals surface area contributed by atoms with Crippen molar-refractivity contribution in [2.75, 3.05) is 11.9 Å². The highest BCUT2D eigenvalue weighted by molar-refractivity contribution is 8.26. The number of carbonyl (C=O) groups is 1. The molecule has 0 spiro atoms. The Morgan fingerprint density at radius 3 is 2.71 bits per heavy atom. The van der Waals surface area contributed by atoms with E-state index in [0.717, 1.165) is 12.0 Å². The zero-order valence-electron chi connectivity index (χ0n) is 18.9. The van der Waals surface area contributed by atoms with Crippen molar-refractivity contribution >= 4 is 51.7 Å². The average molecular weight is 503 g/mol. The number of carbonyl (C=O) groups excluding carboxylic acids is 1. The molecule has 0 radical (unpaired) electrons. The monoisotopic (exact) mass is 502 g/mol. The molecule has 1 N–H and O–H groups in total. The summed E-state index contributed by atoms with van der Waals surface area (Å²) in [6.45, 7) is 2.74. The van der Waals surface area contributed by atoms with Gasteiger partial charge in [-0.15, -0.1) is 0 Å². The average Bonchev–Trinajstić information content (AvgIpc) is 3.46. The maximum Gasteiger partial charge on any atom is 0.267 e. The lowest BCUT2D eigenvalue weighted by molar-refractivity contribution is -0.122. The summed E-state index contributed by atoms with van der Waals surface area (Å²) < 4.78 is 7.29. The number of nitrogens with zero attached hydrogens (tertiary/aromatic N) is 3. The van der Waals surface area contributed by atoms with Crippen molar-refractivity contribution in [3.05, 3.63) is 105 Å². The summed E-state index contributed by atoms with van der Waals surface area (Å²) in [5.74, 6) is 0.806. The lowest BCUT2D eigenvalue weighted by Crippen LogP contribution is -2.27. The van der Waals surface area contributed by atoms with Crippen molar-refractivity contribution in [3.63, 3.8) is 0 Å². The van der Waals surface area contributed by atoms with E-state index in [9.17, 15) is 9.59 Å². The third-order valence-electron chi connectivity index (χ3n) is 5.60. The summed E-state index contributed by atoms with van der Waals surface area (Å²) in [4.78, 5) is 33.2. The molecule has 0 bridgehead atoms. The van der Waals surface area contributed by atoms with Gasteiger partial charge in [-0.25, -0.2) is 4.98 Å². The molecule has 0 saturated carbocycles. The van der Waals surface area contributed by atoms with Crippen LogP contribution < -0.4 is 10.9 Å². The fraction of sp³-hybridized carbons (Fsp3) is 0.154. The number of nitrogens with one attached hydrogen (secondary N) is 1. The molecular weight excluding hydrogens is 480 g/mol. The third-order valence-corrected chi connectivity index (χ3v) is 6.98. The Labute approximate surface area is 211 Å². The molecular formula is C26H22N4O3S2. The second-order valence-electron chi connectivity index (χ2n) is 8.12. The molecule has 9 heteroatoms. The van der Waals surface area contributed by atoms with Gasteiger partial charge >= 0.3 is 0 Å². The van der Waals surface area contributed by atoms with Gasteiger partial charge in [0.05, 0.1) is 23.3 Å². The number of hydrogen-bond donors (Lipinski definition) is 1. The van der Waals surface area contributed by atoms with Crippen LogP contribution in [0.4, 0.5) is 5.82 Å². The Balaban J connectivity index is 1.49. The first kappa shape index (κ1) is 23.1. The Hall–Kier alpha value is -3.69. The molecule has 176 valence electrons. The lowest BCUT2D eigenvalue weighted by Gasteiger charge is -2.13. The molecule has 7 nitrogen and oxygen atoms in total. The predicted molar refractivity (Wildman–Crippen MR) is 142 cm³/mol. The van der Waals surface area contributed by atoms with Crippen molar-refractivity contribution in [3.8, 4) is 0 Å². The van der Waals surface area contributed by atoms with E-state index in [1.807, 2.05) is 37.3 Å². The predicted octanol–water partition coefficient (Wildman–Crippen LogP) is 4.65. The third kappa shape index (κ3) is 4.91. The number of aromatic nitrogens is 2. The topological polar surface area (TPSA) is 79.8 Å². The molecule has 3 aromatic heterocycles. The van der Waals surface area contributed by atoms with Gasteiger partial charge in [-0.05, 0) is 48.7 Å². The number of anilines is 1. The number of thioether (sulfide) groups is 1. The number of rotatable bonds is 7. The van der Waals surface area contributed by atoms with Crippen LogP contribution in [0.25, 0.3) is 11.7 Å². The molecule has 35 heavy (non-hydrogen) atoms. The summed E-state index contributed by atoms with van der Waals surface area (Å²) >= 11 is 6.61. The van der Waals surface area contributed by atoms with Gasteiger partial charge in [0.1, 0.15) is 21.5 Å². The Kier molecular flexibility index (Phi) is 6.52. The van der Waals surface area contributed by atoms with Crippen LogP contribution in [0.1, 0.15) is 22.5 Å². The molecule has 4 aromatic rings. The van der Waals surface area contributed by atoms with Crippen LogP contribution in [0.2, 0.25) is 0 Å². The molecule has 1 amide bonds. The number of hydrogen-bond acceptors (Lipinski definition) is 7. The van der Waals surface area contributed by atoms with E-state index in [-0.39, 0.29) is 18.0 Å². The van der Waals surface area contributed by atoms with E-state index >= 15 is 0 Å². The van der Waals surface area contributed by atoms with Crippen molar-refractivity contribution in [2.24, 2.45) is 0 Å². The van der Waals surface area contributed by atoms with Crippen LogP contribution in [-0.4, -0.2) is 31.1 Å². The van der Waals surface area contributed by atoms with Crippen molar-refractivity contribution < 1.29 is 9.21 Å². The number of furan rings is 1. The quantitative estimate of drug-likeness (QED) is 0.291. The molecule has 1 aliphatic heterocycles. The number of pyridine rings is 1. The minimum Gasteiger partial charge on any atom is -0.467 e. The molecule has 1 fully saturated rings. The highest BCUT2D eigenvalue weighted by Gasteiger charge is 2.33. The number of amides is 1. The Bertz CT molecular complexity index is 1490. The second kappa shape index (κ2) is 9.89. The Morgan fingerprint density at radius 2 is 1.94 bits per heavy atom. The summed E-state index contributed by atoms with van der Waals surface area (Å²) in [6.07, 6.45) is 5.66. The van der Waals surface area contributed by atoms with Gasteiger partial charge in [-0.2, -0.15) is 0 Å². The second-order valence-corrected chi connectivity index (χ2v) is 9.80. The van der Waals surface area contributed by atoms with E-state index < -0.39 is 0 Å². The first-order valence-electron chi connectivity index (χ1n) is 11.1. The molecule has 1 aliphatic rings. The van der Waals surface area contributed by atoms with Crippen LogP contribution in [0.5, 0.6) is 0 Å². The van der Waals surface area contributed by atoms with Crippen molar-refractivity contribution in [1.29, 1.82) is 0 Å². The zero-order chi connectivity index (χ0) is 24.4. The van der Waals surface area contributed by atoms with Gasteiger partial charge in [0, 0.05) is 12.7 Å². The zero-order valence-corrected chi connectivity index (χ0v) is 20.6. The summed E-state index contributed by atoms with van der Waals surface area (Å²) in [5, 5.41) is 3.31. The van der Waals surface area contributed by atoms with Crippen LogP contribution in [0.15, 0.2) is 81.2 Å². The molecule has 0 unspecified atom stereocenters. The van der Waals surface area contributed by atoms with E-state index in [0.29, 0.717) is 38.6 Å². The first-order chi connectivity index (χ1) is 17.0. The first-order valence-corrected chi connectivity index (χ1v) is 12.3. The molecule has 1 saturated heterocycles. The summed E-state index contributed by atoms with van der Waals surface area (Å²) in [5.41, 5.74) is 2.71. The normalized spacial score (nSPS) is 14.9. The summed E-state index contributed by atoms with van der Waals surface area (Å²) in [6, 6.07) is 17.4. The molecule has 4 heterocycles. The van der Waals surface area contributed by atoms with E-state index in [1.54, 1.807) is 30.7 Å². The smallest absolute Gasteiger partial charge is 0.267 e. The number of benzene rings is 1. The SMILES string of the molecule is Cc1ccc2nc(NCCc3ccccc3)c(/C=C3/SC(=S)N(Cc4ccco4)C3=O)c(=O)n2c1. The van der Waals surface area contributed by atoms with Gasteiger partial charge < -0.3 is 9.73 Å². The van der Waals surface area contributed by atoms with E-state index in [1.165, 1.54) is 26.6 Å². The van der Waals surface area contributed by atoms with Crippen molar-refractivity contribution in [1.82, 2.24) is 14.3 Å². The lowest BCUT2D eigenvalue weighted by atomic mass is 10.1. The number of fused-ring (bicyclic) bond motifs is 1.